The molecule has 2 aliphatic rings. The molecule has 0 unspecified atom stereocenters. The van der Waals surface area contributed by atoms with Crippen molar-refractivity contribution in [2.45, 2.75) is 44.6 Å². The topological polar surface area (TPSA) is 23.6 Å². The number of nitrogens with zero attached hydrogens (tertiary/aromatic N) is 2. The van der Waals surface area contributed by atoms with Crippen molar-refractivity contribution in [3.63, 3.8) is 0 Å². The van der Waals surface area contributed by atoms with E-state index in [4.69, 9.17) is 0 Å². The van der Waals surface area contributed by atoms with Crippen LogP contribution in [-0.4, -0.2) is 47.9 Å². The molecule has 1 aromatic carbocycles. The van der Waals surface area contributed by atoms with Crippen LogP contribution in [0.1, 0.15) is 37.7 Å². The third-order valence-electron chi connectivity index (χ3n) is 4.94. The normalized spacial score (nSPS) is 20.9. The molecular formula is C18H26N2O. The number of rotatable bonds is 4. The lowest BCUT2D eigenvalue weighted by molar-refractivity contribution is -0.131. The van der Waals surface area contributed by atoms with Crippen LogP contribution in [0.5, 0.6) is 0 Å². The number of carbonyl (C=O) groups is 1. The van der Waals surface area contributed by atoms with E-state index in [1.807, 2.05) is 18.2 Å². The van der Waals surface area contributed by atoms with E-state index < -0.39 is 0 Å². The van der Waals surface area contributed by atoms with Gasteiger partial charge in [-0.25, -0.2) is 0 Å². The number of aryl methyl sites for hydroxylation is 1. The van der Waals surface area contributed by atoms with E-state index in [9.17, 15) is 4.79 Å². The van der Waals surface area contributed by atoms with Gasteiger partial charge in [0.2, 0.25) is 5.91 Å². The van der Waals surface area contributed by atoms with Crippen LogP contribution in [0.3, 0.4) is 0 Å². The molecule has 1 amide bonds. The maximum absolute atomic E-state index is 12.4. The third kappa shape index (κ3) is 3.85. The summed E-state index contributed by atoms with van der Waals surface area (Å²) in [6.45, 7) is 4.11. The summed E-state index contributed by atoms with van der Waals surface area (Å²) >= 11 is 0. The Labute approximate surface area is 127 Å². The van der Waals surface area contributed by atoms with Crippen LogP contribution < -0.4 is 0 Å². The van der Waals surface area contributed by atoms with E-state index in [2.05, 4.69) is 21.9 Å². The van der Waals surface area contributed by atoms with Crippen molar-refractivity contribution in [1.29, 1.82) is 0 Å². The van der Waals surface area contributed by atoms with Gasteiger partial charge in [-0.15, -0.1) is 0 Å². The van der Waals surface area contributed by atoms with Crippen LogP contribution in [0.25, 0.3) is 0 Å². The number of hydrogen-bond donors (Lipinski definition) is 0. The Bertz CT molecular complexity index is 456. The molecule has 0 atom stereocenters. The molecule has 0 aromatic heterocycles. The van der Waals surface area contributed by atoms with Gasteiger partial charge in [-0.1, -0.05) is 36.8 Å². The summed E-state index contributed by atoms with van der Waals surface area (Å²) in [7, 11) is 0. The predicted molar refractivity (Wildman–Crippen MR) is 85.2 cm³/mol. The minimum Gasteiger partial charge on any atom is -0.341 e. The van der Waals surface area contributed by atoms with E-state index in [0.717, 1.165) is 38.5 Å². The van der Waals surface area contributed by atoms with E-state index >= 15 is 0 Å². The molecule has 1 heterocycles. The second kappa shape index (κ2) is 7.08. The fourth-order valence-electron chi connectivity index (χ4n) is 3.36. The number of hydrogen-bond acceptors (Lipinski definition) is 2. The molecule has 21 heavy (non-hydrogen) atoms. The van der Waals surface area contributed by atoms with Crippen LogP contribution >= 0.6 is 0 Å². The van der Waals surface area contributed by atoms with Gasteiger partial charge in [0, 0.05) is 38.6 Å². The average molecular weight is 286 g/mol. The SMILES string of the molecule is O=C(CCc1ccccc1)N1CCCN(C2CCC2)CC1. The van der Waals surface area contributed by atoms with Gasteiger partial charge in [0.1, 0.15) is 0 Å². The Morgan fingerprint density at radius 1 is 1.00 bits per heavy atom. The van der Waals surface area contributed by atoms with Gasteiger partial charge in [0.05, 0.1) is 0 Å². The van der Waals surface area contributed by atoms with Gasteiger partial charge in [-0.3, -0.25) is 9.69 Å². The number of amides is 1. The van der Waals surface area contributed by atoms with Gasteiger partial charge in [-0.05, 0) is 31.2 Å². The molecule has 1 saturated heterocycles. The smallest absolute Gasteiger partial charge is 0.222 e. The summed E-state index contributed by atoms with van der Waals surface area (Å²) in [5.74, 6) is 0.328. The molecule has 1 aliphatic heterocycles. The molecule has 0 N–H and O–H groups in total. The molecule has 1 aliphatic carbocycles. The fraction of sp³-hybridized carbons (Fsp3) is 0.611. The number of benzene rings is 1. The standard InChI is InChI=1S/C18H26N2O/c21-18(11-10-16-6-2-1-3-7-16)20-13-5-12-19(14-15-20)17-8-4-9-17/h1-3,6-7,17H,4-5,8-15H2. The summed E-state index contributed by atoms with van der Waals surface area (Å²) in [5.41, 5.74) is 1.26. The Balaban J connectivity index is 1.46. The molecule has 1 saturated carbocycles. The summed E-state index contributed by atoms with van der Waals surface area (Å²) in [6, 6.07) is 11.1. The molecule has 3 heteroatoms. The molecule has 1 aromatic rings. The quantitative estimate of drug-likeness (QED) is 0.849. The van der Waals surface area contributed by atoms with Crippen molar-refractivity contribution < 1.29 is 4.79 Å². The zero-order chi connectivity index (χ0) is 14.5. The lowest BCUT2D eigenvalue weighted by Crippen LogP contribution is -2.42. The van der Waals surface area contributed by atoms with Crippen LogP contribution in [0.15, 0.2) is 30.3 Å². The maximum Gasteiger partial charge on any atom is 0.222 e. The van der Waals surface area contributed by atoms with E-state index in [1.165, 1.54) is 31.4 Å². The Morgan fingerprint density at radius 3 is 2.52 bits per heavy atom. The minimum atomic E-state index is 0.328. The molecule has 3 rings (SSSR count). The summed E-state index contributed by atoms with van der Waals surface area (Å²) in [6.07, 6.45) is 6.76. The third-order valence-corrected chi connectivity index (χ3v) is 4.94. The van der Waals surface area contributed by atoms with Gasteiger partial charge in [0.25, 0.3) is 0 Å². The highest BCUT2D eigenvalue weighted by Gasteiger charge is 2.27. The molecule has 3 nitrogen and oxygen atoms in total. The van der Waals surface area contributed by atoms with Crippen LogP contribution in [0, 0.1) is 0 Å². The zero-order valence-corrected chi connectivity index (χ0v) is 12.8. The van der Waals surface area contributed by atoms with Crippen LogP contribution in [0.4, 0.5) is 0 Å². The summed E-state index contributed by atoms with van der Waals surface area (Å²) in [4.78, 5) is 17.1. The largest absolute Gasteiger partial charge is 0.341 e. The Kier molecular flexibility index (Phi) is 4.91. The molecular weight excluding hydrogens is 260 g/mol. The van der Waals surface area contributed by atoms with E-state index in [1.54, 1.807) is 0 Å². The van der Waals surface area contributed by atoms with E-state index in [-0.39, 0.29) is 0 Å². The first-order valence-corrected chi connectivity index (χ1v) is 8.39. The lowest BCUT2D eigenvalue weighted by Gasteiger charge is -2.36. The van der Waals surface area contributed by atoms with Gasteiger partial charge >= 0.3 is 0 Å². The Hall–Kier alpha value is -1.35. The highest BCUT2D eigenvalue weighted by molar-refractivity contribution is 5.76. The first kappa shape index (κ1) is 14.6. The summed E-state index contributed by atoms with van der Waals surface area (Å²) < 4.78 is 0. The van der Waals surface area contributed by atoms with E-state index in [0.29, 0.717) is 12.3 Å². The maximum atomic E-state index is 12.4. The van der Waals surface area contributed by atoms with Gasteiger partial charge in [-0.2, -0.15) is 0 Å². The second-order valence-electron chi connectivity index (χ2n) is 6.34. The Morgan fingerprint density at radius 2 is 1.81 bits per heavy atom. The van der Waals surface area contributed by atoms with Gasteiger partial charge in [0.15, 0.2) is 0 Å². The molecule has 0 bridgehead atoms. The fourth-order valence-corrected chi connectivity index (χ4v) is 3.36. The van der Waals surface area contributed by atoms with Gasteiger partial charge < -0.3 is 4.90 Å². The van der Waals surface area contributed by atoms with Crippen molar-refractivity contribution in [2.75, 3.05) is 26.2 Å². The molecule has 114 valence electrons. The molecule has 2 fully saturated rings. The average Bonchev–Trinajstić information content (AvgIpc) is 2.70. The lowest BCUT2D eigenvalue weighted by atomic mass is 9.91. The van der Waals surface area contributed by atoms with Crippen molar-refractivity contribution in [1.82, 2.24) is 9.80 Å². The second-order valence-corrected chi connectivity index (χ2v) is 6.34. The number of carbonyl (C=O) groups excluding carboxylic acids is 1. The summed E-state index contributed by atoms with van der Waals surface area (Å²) in [5, 5.41) is 0. The first-order valence-electron chi connectivity index (χ1n) is 8.39. The van der Waals surface area contributed by atoms with Crippen molar-refractivity contribution >= 4 is 5.91 Å². The first-order chi connectivity index (χ1) is 10.3. The highest BCUT2D eigenvalue weighted by atomic mass is 16.2. The van der Waals surface area contributed by atoms with Crippen LogP contribution in [0.2, 0.25) is 0 Å². The predicted octanol–water partition coefficient (Wildman–Crippen LogP) is 2.71. The molecule has 0 spiro atoms. The minimum absolute atomic E-state index is 0.328. The van der Waals surface area contributed by atoms with Crippen molar-refractivity contribution in [2.24, 2.45) is 0 Å². The van der Waals surface area contributed by atoms with Crippen LogP contribution in [-0.2, 0) is 11.2 Å². The zero-order valence-electron chi connectivity index (χ0n) is 12.8. The highest BCUT2D eigenvalue weighted by Crippen LogP contribution is 2.25. The van der Waals surface area contributed by atoms with Crippen molar-refractivity contribution in [3.05, 3.63) is 35.9 Å². The van der Waals surface area contributed by atoms with Crippen molar-refractivity contribution in [3.8, 4) is 0 Å². The molecule has 0 radical (unpaired) electrons. The monoisotopic (exact) mass is 286 g/mol.